The van der Waals surface area contributed by atoms with Crippen molar-refractivity contribution in [3.05, 3.63) is 23.8 Å². The molecule has 1 amide bonds. The Labute approximate surface area is 128 Å². The second kappa shape index (κ2) is 6.95. The van der Waals surface area contributed by atoms with E-state index in [0.29, 0.717) is 11.0 Å². The zero-order chi connectivity index (χ0) is 14.5. The lowest BCUT2D eigenvalue weighted by molar-refractivity contribution is -0.119. The van der Waals surface area contributed by atoms with Gasteiger partial charge in [-0.15, -0.1) is 11.8 Å². The lowest BCUT2D eigenvalue weighted by Gasteiger charge is -2.14. The first-order valence-electron chi connectivity index (χ1n) is 6.70. The molecule has 108 valence electrons. The van der Waals surface area contributed by atoms with E-state index in [-0.39, 0.29) is 12.5 Å². The summed E-state index contributed by atoms with van der Waals surface area (Å²) in [5.74, 6) is 0.955. The number of nitrogens with two attached hydrogens (primary N) is 1. The van der Waals surface area contributed by atoms with E-state index < -0.39 is 0 Å². The maximum Gasteiger partial charge on any atom is 0.239 e. The molecule has 1 saturated carbocycles. The van der Waals surface area contributed by atoms with E-state index >= 15 is 0 Å². The van der Waals surface area contributed by atoms with Crippen LogP contribution in [0.1, 0.15) is 25.3 Å². The van der Waals surface area contributed by atoms with Gasteiger partial charge in [-0.05, 0) is 30.7 Å². The van der Waals surface area contributed by atoms with Gasteiger partial charge in [-0.2, -0.15) is 0 Å². The number of hydrogen-bond acceptors (Lipinski definition) is 4. The largest absolute Gasteiger partial charge is 0.389 e. The quantitative estimate of drug-likeness (QED) is 0.532. The van der Waals surface area contributed by atoms with Crippen LogP contribution in [0.15, 0.2) is 23.1 Å². The van der Waals surface area contributed by atoms with Crippen LogP contribution in [0.3, 0.4) is 0 Å². The second-order valence-electron chi connectivity index (χ2n) is 4.67. The van der Waals surface area contributed by atoms with E-state index in [0.717, 1.165) is 34.7 Å². The molecule has 1 aromatic rings. The van der Waals surface area contributed by atoms with E-state index in [1.54, 1.807) is 11.8 Å². The third-order valence-electron chi connectivity index (χ3n) is 2.95. The van der Waals surface area contributed by atoms with Gasteiger partial charge in [0.1, 0.15) is 4.99 Å². The summed E-state index contributed by atoms with van der Waals surface area (Å²) in [5.41, 5.74) is 7.47. The predicted octanol–water partition coefficient (Wildman–Crippen LogP) is 2.12. The molecular weight excluding hydrogens is 290 g/mol. The Hall–Kier alpha value is -1.27. The van der Waals surface area contributed by atoms with Crippen molar-refractivity contribution in [3.8, 4) is 0 Å². The van der Waals surface area contributed by atoms with Crippen LogP contribution < -0.4 is 16.4 Å². The molecule has 4 N–H and O–H groups in total. The smallest absolute Gasteiger partial charge is 0.239 e. The molecule has 0 bridgehead atoms. The van der Waals surface area contributed by atoms with E-state index in [1.807, 2.05) is 18.2 Å². The van der Waals surface area contributed by atoms with Gasteiger partial charge in [0.05, 0.1) is 6.54 Å². The van der Waals surface area contributed by atoms with E-state index in [1.165, 1.54) is 0 Å². The molecule has 1 fully saturated rings. The molecular formula is C14H19N3OS2. The number of benzene rings is 1. The van der Waals surface area contributed by atoms with Crippen molar-refractivity contribution in [1.29, 1.82) is 0 Å². The zero-order valence-corrected chi connectivity index (χ0v) is 13.1. The van der Waals surface area contributed by atoms with Gasteiger partial charge < -0.3 is 16.4 Å². The van der Waals surface area contributed by atoms with Crippen LogP contribution in [-0.4, -0.2) is 29.2 Å². The van der Waals surface area contributed by atoms with Gasteiger partial charge in [0.25, 0.3) is 0 Å². The van der Waals surface area contributed by atoms with Crippen molar-refractivity contribution >= 4 is 40.6 Å². The molecule has 4 nitrogen and oxygen atoms in total. The SMILES string of the molecule is CCSc1cccc(NCC(=O)NC2CC2)c1C(N)=S. The Kier molecular flexibility index (Phi) is 5.25. The first-order chi connectivity index (χ1) is 9.61. The summed E-state index contributed by atoms with van der Waals surface area (Å²) in [5, 5.41) is 6.08. The van der Waals surface area contributed by atoms with Crippen molar-refractivity contribution in [2.75, 3.05) is 17.6 Å². The monoisotopic (exact) mass is 309 g/mol. The van der Waals surface area contributed by atoms with Crippen molar-refractivity contribution in [2.24, 2.45) is 5.73 Å². The van der Waals surface area contributed by atoms with Crippen molar-refractivity contribution in [2.45, 2.75) is 30.7 Å². The summed E-state index contributed by atoms with van der Waals surface area (Å²) >= 11 is 6.83. The Morgan fingerprint density at radius 2 is 2.25 bits per heavy atom. The highest BCUT2D eigenvalue weighted by Gasteiger charge is 2.23. The van der Waals surface area contributed by atoms with Crippen LogP contribution >= 0.6 is 24.0 Å². The Balaban J connectivity index is 2.07. The number of thioether (sulfide) groups is 1. The summed E-state index contributed by atoms with van der Waals surface area (Å²) in [4.78, 5) is 13.1. The fourth-order valence-corrected chi connectivity index (χ4v) is 3.02. The maximum atomic E-state index is 11.7. The molecule has 0 aromatic heterocycles. The van der Waals surface area contributed by atoms with E-state index in [2.05, 4.69) is 17.6 Å². The number of rotatable bonds is 7. The fraction of sp³-hybridized carbons (Fsp3) is 0.429. The minimum atomic E-state index is 0.00920. The summed E-state index contributed by atoms with van der Waals surface area (Å²) < 4.78 is 0. The van der Waals surface area contributed by atoms with Gasteiger partial charge >= 0.3 is 0 Å². The van der Waals surface area contributed by atoms with E-state index in [9.17, 15) is 4.79 Å². The van der Waals surface area contributed by atoms with Gasteiger partial charge in [-0.25, -0.2) is 0 Å². The third kappa shape index (κ3) is 4.11. The molecule has 2 rings (SSSR count). The summed E-state index contributed by atoms with van der Waals surface area (Å²) in [6, 6.07) is 6.22. The minimum absolute atomic E-state index is 0.00920. The fourth-order valence-electron chi connectivity index (χ4n) is 1.89. The summed E-state index contributed by atoms with van der Waals surface area (Å²) in [6.07, 6.45) is 2.18. The first kappa shape index (κ1) is 15.1. The van der Waals surface area contributed by atoms with Crippen LogP contribution in [0.5, 0.6) is 0 Å². The van der Waals surface area contributed by atoms with Crippen molar-refractivity contribution < 1.29 is 4.79 Å². The van der Waals surface area contributed by atoms with Crippen LogP contribution in [0.4, 0.5) is 5.69 Å². The van der Waals surface area contributed by atoms with Crippen molar-refractivity contribution in [1.82, 2.24) is 5.32 Å². The van der Waals surface area contributed by atoms with Gasteiger partial charge in [-0.3, -0.25) is 4.79 Å². The zero-order valence-electron chi connectivity index (χ0n) is 11.4. The molecule has 6 heteroatoms. The van der Waals surface area contributed by atoms with Gasteiger partial charge in [0, 0.05) is 22.2 Å². The third-order valence-corrected chi connectivity index (χ3v) is 4.10. The van der Waals surface area contributed by atoms with Crippen LogP contribution in [-0.2, 0) is 4.79 Å². The van der Waals surface area contributed by atoms with Crippen LogP contribution in [0, 0.1) is 0 Å². The molecule has 1 aromatic carbocycles. The topological polar surface area (TPSA) is 67.2 Å². The summed E-state index contributed by atoms with van der Waals surface area (Å²) in [7, 11) is 0. The van der Waals surface area contributed by atoms with Crippen LogP contribution in [0.25, 0.3) is 0 Å². The lowest BCUT2D eigenvalue weighted by Crippen LogP contribution is -2.31. The van der Waals surface area contributed by atoms with Gasteiger partial charge in [0.2, 0.25) is 5.91 Å². The van der Waals surface area contributed by atoms with Gasteiger partial charge in [-0.1, -0.05) is 25.2 Å². The first-order valence-corrected chi connectivity index (χ1v) is 8.10. The Morgan fingerprint density at radius 3 is 2.85 bits per heavy atom. The lowest BCUT2D eigenvalue weighted by atomic mass is 10.1. The molecule has 1 aliphatic carbocycles. The number of nitrogens with one attached hydrogen (secondary N) is 2. The molecule has 0 radical (unpaired) electrons. The molecule has 0 atom stereocenters. The van der Waals surface area contributed by atoms with Crippen LogP contribution in [0.2, 0.25) is 0 Å². The minimum Gasteiger partial charge on any atom is -0.389 e. The molecule has 1 aliphatic rings. The number of amides is 1. The maximum absolute atomic E-state index is 11.7. The highest BCUT2D eigenvalue weighted by atomic mass is 32.2. The standard InChI is InChI=1S/C14H19N3OS2/c1-2-20-11-5-3-4-10(13(11)14(15)19)16-8-12(18)17-9-6-7-9/h3-5,9,16H,2,6-8H2,1H3,(H2,15,19)(H,17,18). The summed E-state index contributed by atoms with van der Waals surface area (Å²) in [6.45, 7) is 2.32. The number of thiocarbonyl (C=S) groups is 1. The number of carbonyl (C=O) groups is 1. The Bertz CT molecular complexity index is 515. The predicted molar refractivity (Wildman–Crippen MR) is 88.4 cm³/mol. The molecule has 0 spiro atoms. The normalized spacial score (nSPS) is 13.8. The molecule has 20 heavy (non-hydrogen) atoms. The number of hydrogen-bond donors (Lipinski definition) is 3. The average molecular weight is 309 g/mol. The number of anilines is 1. The van der Waals surface area contributed by atoms with Crippen molar-refractivity contribution in [3.63, 3.8) is 0 Å². The van der Waals surface area contributed by atoms with Gasteiger partial charge in [0.15, 0.2) is 0 Å². The second-order valence-corrected chi connectivity index (χ2v) is 6.42. The van der Waals surface area contributed by atoms with E-state index in [4.69, 9.17) is 18.0 Å². The molecule has 0 aliphatic heterocycles. The highest BCUT2D eigenvalue weighted by molar-refractivity contribution is 7.99. The average Bonchev–Trinajstić information content (AvgIpc) is 3.20. The molecule has 0 saturated heterocycles. The highest BCUT2D eigenvalue weighted by Crippen LogP contribution is 2.28. The molecule has 0 unspecified atom stereocenters. The Morgan fingerprint density at radius 1 is 1.50 bits per heavy atom. The molecule has 0 heterocycles. The number of carbonyl (C=O) groups excluding carboxylic acids is 1.